The Hall–Kier alpha value is -4.06. The summed E-state index contributed by atoms with van der Waals surface area (Å²) in [6, 6.07) is 9.01. The van der Waals surface area contributed by atoms with Crippen molar-refractivity contribution in [3.8, 4) is 34.4 Å². The Kier molecular flexibility index (Phi) is 11.2. The summed E-state index contributed by atoms with van der Waals surface area (Å²) in [5, 5.41) is 24.5. The molecule has 4 aromatic rings. The van der Waals surface area contributed by atoms with E-state index in [1.54, 1.807) is 32.2 Å². The molecule has 0 aliphatic heterocycles. The third-order valence-electron chi connectivity index (χ3n) is 6.45. The van der Waals surface area contributed by atoms with Crippen LogP contribution in [-0.4, -0.2) is 64.8 Å². The van der Waals surface area contributed by atoms with Gasteiger partial charge in [-0.3, -0.25) is 14.6 Å². The van der Waals surface area contributed by atoms with Crippen LogP contribution >= 0.6 is 0 Å². The van der Waals surface area contributed by atoms with E-state index in [4.69, 9.17) is 20.9 Å². The van der Waals surface area contributed by atoms with Crippen LogP contribution < -0.4 is 21.5 Å². The van der Waals surface area contributed by atoms with Crippen LogP contribution in [-0.2, 0) is 37.4 Å². The zero-order valence-corrected chi connectivity index (χ0v) is 26.6. The summed E-state index contributed by atoms with van der Waals surface area (Å²) in [4.78, 5) is 38.8. The predicted molar refractivity (Wildman–Crippen MR) is 157 cm³/mol. The standard InChI is InChI=1S/C28H25N6O6.CH3B.Y/c1-13-10-14(4-7-19(13)40-28-33-12-32-27(34-28)31-8-3-9-39-2)15-11-17(30)21-23(24(15)36)26(38)20-16(29)5-6-18(35)22(20)25(21)37;1-2;/h4-7,10-11,35-36H,3,8-9,29-30H2,1-2H3,(H,31,32,33,34);1H3;/q-1;;. The number of fused-ring (bicyclic) bond motifs is 2. The molecule has 0 spiro atoms. The molecule has 1 aliphatic rings. The largest absolute Gasteiger partial charge is 0.507 e. The number of benzene rings is 3. The number of aromatic hydroxyl groups is 2. The third-order valence-corrected chi connectivity index (χ3v) is 6.45. The van der Waals surface area contributed by atoms with E-state index in [0.29, 0.717) is 36.0 Å². The van der Waals surface area contributed by atoms with Gasteiger partial charge in [-0.2, -0.15) is 0 Å². The number of phenolic OH excluding ortho intramolecular Hbond substituents is 2. The van der Waals surface area contributed by atoms with Crippen LogP contribution in [0.5, 0.6) is 23.3 Å². The van der Waals surface area contributed by atoms with Crippen LogP contribution in [0.3, 0.4) is 0 Å². The fourth-order valence-corrected chi connectivity index (χ4v) is 4.54. The van der Waals surface area contributed by atoms with Gasteiger partial charge in [0, 0.05) is 76.2 Å². The quantitative estimate of drug-likeness (QED) is 0.0538. The van der Waals surface area contributed by atoms with E-state index in [2.05, 4.69) is 34.4 Å². The van der Waals surface area contributed by atoms with Gasteiger partial charge in [-0.25, -0.2) is 0 Å². The van der Waals surface area contributed by atoms with Gasteiger partial charge in [-0.1, -0.05) is 12.9 Å². The van der Waals surface area contributed by atoms with E-state index in [1.807, 2.05) is 0 Å². The van der Waals surface area contributed by atoms with E-state index < -0.39 is 23.1 Å². The van der Waals surface area contributed by atoms with Crippen LogP contribution in [0.4, 0.5) is 17.3 Å². The molecule has 0 saturated heterocycles. The van der Waals surface area contributed by atoms with Crippen molar-refractivity contribution in [3.63, 3.8) is 0 Å². The number of aromatic nitrogens is 3. The molecular weight excluding hydrogens is 628 g/mol. The first-order valence-electron chi connectivity index (χ1n) is 12.8. The first-order valence-corrected chi connectivity index (χ1v) is 12.8. The maximum Gasteiger partial charge on any atom is 0.206 e. The molecule has 1 aliphatic carbocycles. The Balaban J connectivity index is 0.00000165. The number of rotatable bonds is 8. The minimum absolute atomic E-state index is 0. The molecule has 0 unspecified atom stereocenters. The average molecular weight is 656 g/mol. The summed E-state index contributed by atoms with van der Waals surface area (Å²) in [5.41, 5.74) is 12.7. The van der Waals surface area contributed by atoms with Crippen molar-refractivity contribution in [3.05, 3.63) is 70.5 Å². The fraction of sp³-hybridized carbons (Fsp3) is 0.207. The van der Waals surface area contributed by atoms with E-state index in [-0.39, 0.29) is 77.9 Å². The number of ketones is 2. The fourth-order valence-electron chi connectivity index (χ4n) is 4.54. The van der Waals surface area contributed by atoms with Crippen LogP contribution in [0.15, 0.2) is 36.4 Å². The minimum Gasteiger partial charge on any atom is -0.507 e. The van der Waals surface area contributed by atoms with E-state index in [9.17, 15) is 19.8 Å². The van der Waals surface area contributed by atoms with Crippen molar-refractivity contribution >= 4 is 36.7 Å². The van der Waals surface area contributed by atoms with Gasteiger partial charge in [0.15, 0.2) is 0 Å². The van der Waals surface area contributed by atoms with Gasteiger partial charge >= 0.3 is 0 Å². The number of hydrogen-bond donors (Lipinski definition) is 5. The predicted octanol–water partition coefficient (Wildman–Crippen LogP) is 3.44. The maximum absolute atomic E-state index is 13.4. The Labute approximate surface area is 274 Å². The van der Waals surface area contributed by atoms with Crippen LogP contribution in [0.2, 0.25) is 6.82 Å². The van der Waals surface area contributed by atoms with Gasteiger partial charge in [0.1, 0.15) is 23.2 Å². The smallest absolute Gasteiger partial charge is 0.206 e. The summed E-state index contributed by atoms with van der Waals surface area (Å²) in [6.07, 6.45) is 3.27. The second-order valence-electron chi connectivity index (χ2n) is 9.09. The molecule has 7 N–H and O–H groups in total. The Morgan fingerprint density at radius 3 is 2.35 bits per heavy atom. The van der Waals surface area contributed by atoms with Gasteiger partial charge in [0.25, 0.3) is 0 Å². The molecule has 0 fully saturated rings. The van der Waals surface area contributed by atoms with Crippen molar-refractivity contribution in [2.24, 2.45) is 0 Å². The number of phenols is 2. The number of aryl methyl sites for hydroxylation is 1. The Bertz CT molecular complexity index is 1690. The molecule has 3 aromatic carbocycles. The Morgan fingerprint density at radius 1 is 0.953 bits per heavy atom. The molecule has 3 radical (unpaired) electrons. The van der Waals surface area contributed by atoms with Gasteiger partial charge in [-0.15, -0.1) is 0 Å². The van der Waals surface area contributed by atoms with Crippen molar-refractivity contribution in [1.82, 2.24) is 15.0 Å². The van der Waals surface area contributed by atoms with Crippen molar-refractivity contribution in [2.75, 3.05) is 37.0 Å². The molecule has 0 amide bonds. The number of nitrogen functional groups attached to an aromatic ring is 2. The molecule has 1 heterocycles. The number of nitrogens with two attached hydrogens (primary N) is 2. The molecular formula is C29H28BN6O6Y-. The first kappa shape index (κ1) is 33.4. The molecule has 0 bridgehead atoms. The van der Waals surface area contributed by atoms with Gasteiger partial charge in [-0.05, 0) is 54.8 Å². The number of nitrogens with one attached hydrogen (secondary N) is 1. The molecule has 5 rings (SSSR count). The molecule has 1 aromatic heterocycles. The molecule has 14 heteroatoms. The zero-order valence-electron chi connectivity index (χ0n) is 23.8. The van der Waals surface area contributed by atoms with Gasteiger partial charge < -0.3 is 46.4 Å². The Morgan fingerprint density at radius 2 is 1.65 bits per heavy atom. The van der Waals surface area contributed by atoms with E-state index >= 15 is 0 Å². The number of carbonyl (C=O) groups excluding carboxylic acids is 2. The van der Waals surface area contributed by atoms with E-state index in [1.165, 1.54) is 25.0 Å². The van der Waals surface area contributed by atoms with E-state index in [0.717, 1.165) is 6.42 Å². The SMILES string of the molecule is COCCCNc1n[c-]nc(Oc2ccc(-c3cc(N)c4c(c3O)C(=O)c3c(N)ccc(O)c3C4=O)cc2C)n1.[B]C.[Y]. The number of anilines is 3. The van der Waals surface area contributed by atoms with Crippen molar-refractivity contribution in [1.29, 1.82) is 0 Å². The first-order chi connectivity index (χ1) is 20.2. The topological polar surface area (TPSA) is 196 Å². The monoisotopic (exact) mass is 656 g/mol. The third kappa shape index (κ3) is 6.63. The second kappa shape index (κ2) is 14.4. The van der Waals surface area contributed by atoms with Gasteiger partial charge in [0.05, 0.1) is 30.1 Å². The molecule has 43 heavy (non-hydrogen) atoms. The zero-order chi connectivity index (χ0) is 30.6. The van der Waals surface area contributed by atoms with Crippen molar-refractivity contribution in [2.45, 2.75) is 20.2 Å². The number of nitrogens with zero attached hydrogens (tertiary/aromatic N) is 3. The molecule has 12 nitrogen and oxygen atoms in total. The van der Waals surface area contributed by atoms with Crippen LogP contribution in [0.25, 0.3) is 11.1 Å². The number of ether oxygens (including phenoxy) is 2. The van der Waals surface area contributed by atoms with Crippen LogP contribution in [0, 0.1) is 13.3 Å². The van der Waals surface area contributed by atoms with Crippen molar-refractivity contribution < 1.29 is 62.0 Å². The molecule has 0 saturated carbocycles. The molecule has 217 valence electrons. The summed E-state index contributed by atoms with van der Waals surface area (Å²) >= 11 is 0. The summed E-state index contributed by atoms with van der Waals surface area (Å²) in [5.74, 6) is -1.50. The second-order valence-corrected chi connectivity index (χ2v) is 9.09. The number of hydrogen-bond acceptors (Lipinski definition) is 12. The number of methoxy groups -OCH3 is 1. The average Bonchev–Trinajstić information content (AvgIpc) is 2.98. The van der Waals surface area contributed by atoms with Crippen LogP contribution in [0.1, 0.15) is 43.8 Å². The van der Waals surface area contributed by atoms with Gasteiger partial charge in [0.2, 0.25) is 17.6 Å². The maximum atomic E-state index is 13.4. The number of carbonyl (C=O) groups is 2. The summed E-state index contributed by atoms with van der Waals surface area (Å²) in [6.45, 7) is 4.47. The minimum atomic E-state index is -0.710. The summed E-state index contributed by atoms with van der Waals surface area (Å²) in [7, 11) is 6.13. The molecule has 0 atom stereocenters. The normalized spacial score (nSPS) is 11.4. The summed E-state index contributed by atoms with van der Waals surface area (Å²) < 4.78 is 10.8.